The molecule has 0 aromatic rings. The fraction of sp³-hybridized carbons (Fsp3) is 0.917. The van der Waals surface area contributed by atoms with Crippen LogP contribution in [0, 0.1) is 11.8 Å². The molecule has 1 aliphatic heterocycles. The van der Waals surface area contributed by atoms with Gasteiger partial charge in [0.15, 0.2) is 0 Å². The quantitative estimate of drug-likeness (QED) is 0.686. The summed E-state index contributed by atoms with van der Waals surface area (Å²) in [4.78, 5) is 11.8. The Labute approximate surface area is 96.7 Å². The molecule has 0 spiro atoms. The standard InChI is InChI=1S/C12H21NO3/c1-2-16-12(14)11(10-5-6-15-8-10)13-7-9-3-4-9/h9-11,13H,2-8H2,1H3. The van der Waals surface area contributed by atoms with Crippen molar-refractivity contribution in [2.45, 2.75) is 32.2 Å². The van der Waals surface area contributed by atoms with Crippen LogP contribution in [0.1, 0.15) is 26.2 Å². The van der Waals surface area contributed by atoms with E-state index in [0.717, 1.165) is 25.5 Å². The first kappa shape index (κ1) is 11.9. The van der Waals surface area contributed by atoms with Gasteiger partial charge in [-0.25, -0.2) is 0 Å². The molecule has 2 fully saturated rings. The van der Waals surface area contributed by atoms with E-state index in [2.05, 4.69) is 5.32 Å². The Morgan fingerprint density at radius 3 is 2.88 bits per heavy atom. The van der Waals surface area contributed by atoms with Gasteiger partial charge < -0.3 is 14.8 Å². The van der Waals surface area contributed by atoms with E-state index in [0.29, 0.717) is 13.2 Å². The van der Waals surface area contributed by atoms with Crippen LogP contribution >= 0.6 is 0 Å². The Bertz CT molecular complexity index is 234. The van der Waals surface area contributed by atoms with E-state index in [1.807, 2.05) is 6.92 Å². The van der Waals surface area contributed by atoms with Crippen molar-refractivity contribution in [1.29, 1.82) is 0 Å². The normalized spacial score (nSPS) is 26.7. The van der Waals surface area contributed by atoms with E-state index in [9.17, 15) is 4.79 Å². The van der Waals surface area contributed by atoms with Crippen LogP contribution in [0.25, 0.3) is 0 Å². The highest BCUT2D eigenvalue weighted by Crippen LogP contribution is 2.28. The Balaban J connectivity index is 1.84. The van der Waals surface area contributed by atoms with Gasteiger partial charge in [-0.1, -0.05) is 0 Å². The molecule has 2 aliphatic rings. The van der Waals surface area contributed by atoms with Crippen molar-refractivity contribution in [3.8, 4) is 0 Å². The fourth-order valence-corrected chi connectivity index (χ4v) is 2.11. The Kier molecular flexibility index (Phi) is 4.18. The highest BCUT2D eigenvalue weighted by molar-refractivity contribution is 5.76. The second-order valence-electron chi connectivity index (χ2n) is 4.71. The zero-order chi connectivity index (χ0) is 11.4. The molecule has 92 valence electrons. The van der Waals surface area contributed by atoms with Crippen LogP contribution in [0.3, 0.4) is 0 Å². The van der Waals surface area contributed by atoms with Gasteiger partial charge in [-0.05, 0) is 38.6 Å². The molecule has 2 unspecified atom stereocenters. The lowest BCUT2D eigenvalue weighted by molar-refractivity contribution is -0.147. The second kappa shape index (κ2) is 5.64. The van der Waals surface area contributed by atoms with Gasteiger partial charge in [-0.15, -0.1) is 0 Å². The smallest absolute Gasteiger partial charge is 0.323 e. The zero-order valence-corrected chi connectivity index (χ0v) is 9.91. The monoisotopic (exact) mass is 227 g/mol. The van der Waals surface area contributed by atoms with E-state index in [1.54, 1.807) is 0 Å². The summed E-state index contributed by atoms with van der Waals surface area (Å²) < 4.78 is 10.5. The predicted octanol–water partition coefficient (Wildman–Crippen LogP) is 0.954. The lowest BCUT2D eigenvalue weighted by Crippen LogP contribution is -2.45. The van der Waals surface area contributed by atoms with E-state index >= 15 is 0 Å². The van der Waals surface area contributed by atoms with Crippen molar-refractivity contribution in [2.24, 2.45) is 11.8 Å². The molecule has 16 heavy (non-hydrogen) atoms. The van der Waals surface area contributed by atoms with E-state index in [-0.39, 0.29) is 17.9 Å². The Hall–Kier alpha value is -0.610. The summed E-state index contributed by atoms with van der Waals surface area (Å²) in [6.45, 7) is 4.70. The van der Waals surface area contributed by atoms with Gasteiger partial charge in [-0.2, -0.15) is 0 Å². The van der Waals surface area contributed by atoms with Crippen LogP contribution in [-0.4, -0.2) is 38.4 Å². The first-order chi connectivity index (χ1) is 7.81. The SMILES string of the molecule is CCOC(=O)C(NCC1CC1)C1CCOC1. The highest BCUT2D eigenvalue weighted by Gasteiger charge is 2.33. The molecule has 1 N–H and O–H groups in total. The largest absolute Gasteiger partial charge is 0.465 e. The Morgan fingerprint density at radius 1 is 1.50 bits per heavy atom. The second-order valence-corrected chi connectivity index (χ2v) is 4.71. The van der Waals surface area contributed by atoms with E-state index in [4.69, 9.17) is 9.47 Å². The Morgan fingerprint density at radius 2 is 2.31 bits per heavy atom. The van der Waals surface area contributed by atoms with E-state index in [1.165, 1.54) is 12.8 Å². The molecule has 1 heterocycles. The molecule has 0 amide bonds. The molecular weight excluding hydrogens is 206 g/mol. The first-order valence-corrected chi connectivity index (χ1v) is 6.29. The number of rotatable bonds is 6. The third-order valence-electron chi connectivity index (χ3n) is 3.30. The van der Waals surface area contributed by atoms with Crippen molar-refractivity contribution in [1.82, 2.24) is 5.32 Å². The zero-order valence-electron chi connectivity index (χ0n) is 9.91. The van der Waals surface area contributed by atoms with Crippen LogP contribution < -0.4 is 5.32 Å². The number of ether oxygens (including phenoxy) is 2. The van der Waals surface area contributed by atoms with Gasteiger partial charge in [0.2, 0.25) is 0 Å². The number of carbonyl (C=O) groups excluding carboxylic acids is 1. The van der Waals surface area contributed by atoms with Crippen molar-refractivity contribution >= 4 is 5.97 Å². The summed E-state index contributed by atoms with van der Waals surface area (Å²) in [7, 11) is 0. The third kappa shape index (κ3) is 3.19. The van der Waals surface area contributed by atoms with Crippen molar-refractivity contribution in [3.63, 3.8) is 0 Å². The first-order valence-electron chi connectivity index (χ1n) is 6.29. The molecule has 1 saturated carbocycles. The summed E-state index contributed by atoms with van der Waals surface area (Å²) in [6, 6.07) is -0.164. The van der Waals surface area contributed by atoms with Gasteiger partial charge in [-0.3, -0.25) is 4.79 Å². The minimum atomic E-state index is -0.164. The molecule has 0 bridgehead atoms. The summed E-state index contributed by atoms with van der Waals surface area (Å²) >= 11 is 0. The average Bonchev–Trinajstić information content (AvgIpc) is 2.93. The minimum absolute atomic E-state index is 0.112. The average molecular weight is 227 g/mol. The van der Waals surface area contributed by atoms with Crippen molar-refractivity contribution < 1.29 is 14.3 Å². The number of nitrogens with one attached hydrogen (secondary N) is 1. The molecule has 1 aliphatic carbocycles. The number of carbonyl (C=O) groups is 1. The van der Waals surface area contributed by atoms with Crippen molar-refractivity contribution in [3.05, 3.63) is 0 Å². The highest BCUT2D eigenvalue weighted by atomic mass is 16.5. The minimum Gasteiger partial charge on any atom is -0.465 e. The maximum atomic E-state index is 11.8. The predicted molar refractivity (Wildman–Crippen MR) is 60.1 cm³/mol. The molecule has 0 aromatic heterocycles. The van der Waals surface area contributed by atoms with Gasteiger partial charge in [0.1, 0.15) is 6.04 Å². The maximum absolute atomic E-state index is 11.8. The van der Waals surface area contributed by atoms with Crippen molar-refractivity contribution in [2.75, 3.05) is 26.4 Å². The number of esters is 1. The van der Waals surface area contributed by atoms with Gasteiger partial charge in [0.25, 0.3) is 0 Å². The van der Waals surface area contributed by atoms with Gasteiger partial charge in [0, 0.05) is 12.5 Å². The van der Waals surface area contributed by atoms with Gasteiger partial charge in [0.05, 0.1) is 13.2 Å². The van der Waals surface area contributed by atoms with Gasteiger partial charge >= 0.3 is 5.97 Å². The molecule has 4 heteroatoms. The lowest BCUT2D eigenvalue weighted by atomic mass is 9.99. The van der Waals surface area contributed by atoms with Crippen LogP contribution in [0.5, 0.6) is 0 Å². The third-order valence-corrected chi connectivity index (χ3v) is 3.30. The van der Waals surface area contributed by atoms with E-state index < -0.39 is 0 Å². The molecule has 4 nitrogen and oxygen atoms in total. The molecule has 0 aromatic carbocycles. The number of hydrogen-bond donors (Lipinski definition) is 1. The molecule has 1 saturated heterocycles. The topological polar surface area (TPSA) is 47.6 Å². The van der Waals surface area contributed by atoms with Crippen LogP contribution in [0.2, 0.25) is 0 Å². The van der Waals surface area contributed by atoms with Crippen LogP contribution in [0.4, 0.5) is 0 Å². The number of hydrogen-bond acceptors (Lipinski definition) is 4. The lowest BCUT2D eigenvalue weighted by Gasteiger charge is -2.21. The molecule has 2 atom stereocenters. The summed E-state index contributed by atoms with van der Waals surface area (Å²) in [6.07, 6.45) is 3.55. The molecular formula is C12H21NO3. The summed E-state index contributed by atoms with van der Waals surface area (Å²) in [5.74, 6) is 0.954. The fourth-order valence-electron chi connectivity index (χ4n) is 2.11. The van der Waals surface area contributed by atoms with Crippen LogP contribution in [-0.2, 0) is 14.3 Å². The summed E-state index contributed by atoms with van der Waals surface area (Å²) in [5.41, 5.74) is 0. The van der Waals surface area contributed by atoms with Crippen LogP contribution in [0.15, 0.2) is 0 Å². The molecule has 2 rings (SSSR count). The summed E-state index contributed by atoms with van der Waals surface area (Å²) in [5, 5.41) is 3.35. The molecule has 0 radical (unpaired) electrons. The maximum Gasteiger partial charge on any atom is 0.323 e.